The van der Waals surface area contributed by atoms with Crippen molar-refractivity contribution < 1.29 is 14.7 Å². The number of aliphatic carboxylic acids is 1. The van der Waals surface area contributed by atoms with Gasteiger partial charge in [-0.15, -0.1) is 0 Å². The monoisotopic (exact) mass is 251 g/mol. The quantitative estimate of drug-likeness (QED) is 0.815. The molecule has 2 saturated carbocycles. The molecule has 4 heteroatoms. The molecule has 0 aromatic carbocycles. The van der Waals surface area contributed by atoms with Crippen LogP contribution < -0.4 is 0 Å². The number of amides is 1. The molecule has 0 aromatic heterocycles. The van der Waals surface area contributed by atoms with E-state index in [9.17, 15) is 9.59 Å². The van der Waals surface area contributed by atoms with Gasteiger partial charge in [0.15, 0.2) is 0 Å². The van der Waals surface area contributed by atoms with Gasteiger partial charge in [-0.05, 0) is 38.5 Å². The summed E-state index contributed by atoms with van der Waals surface area (Å²) in [6.45, 7) is 2.12. The Kier molecular flexibility index (Phi) is 2.83. The predicted molar refractivity (Wildman–Crippen MR) is 65.9 cm³/mol. The van der Waals surface area contributed by atoms with Gasteiger partial charge in [0.2, 0.25) is 5.91 Å². The Balaban J connectivity index is 1.71. The largest absolute Gasteiger partial charge is 0.481 e. The van der Waals surface area contributed by atoms with Crippen LogP contribution in [0.3, 0.4) is 0 Å². The van der Waals surface area contributed by atoms with E-state index in [1.807, 2.05) is 4.90 Å². The molecule has 2 aliphatic carbocycles. The lowest BCUT2D eigenvalue weighted by Crippen LogP contribution is -2.43. The molecule has 1 heterocycles. The molecule has 0 spiro atoms. The molecule has 18 heavy (non-hydrogen) atoms. The molecular weight excluding hydrogens is 230 g/mol. The zero-order chi connectivity index (χ0) is 12.9. The minimum Gasteiger partial charge on any atom is -0.481 e. The Morgan fingerprint density at radius 2 is 1.83 bits per heavy atom. The van der Waals surface area contributed by atoms with Crippen LogP contribution in [0.5, 0.6) is 0 Å². The van der Waals surface area contributed by atoms with E-state index in [0.717, 1.165) is 12.8 Å². The van der Waals surface area contributed by atoms with Crippen molar-refractivity contribution in [3.05, 3.63) is 0 Å². The van der Waals surface area contributed by atoms with Crippen molar-refractivity contribution in [1.29, 1.82) is 0 Å². The average molecular weight is 251 g/mol. The number of nitrogens with zero attached hydrogens (tertiary/aromatic N) is 1. The molecule has 0 radical (unpaired) electrons. The lowest BCUT2D eigenvalue weighted by atomic mass is 9.85. The molecule has 1 amide bonds. The van der Waals surface area contributed by atoms with Gasteiger partial charge in [0, 0.05) is 12.1 Å². The molecule has 3 rings (SSSR count). The topological polar surface area (TPSA) is 57.6 Å². The Bertz CT molecular complexity index is 381. The van der Waals surface area contributed by atoms with Crippen LogP contribution in [0.1, 0.15) is 45.4 Å². The van der Waals surface area contributed by atoms with E-state index in [1.54, 1.807) is 0 Å². The number of likely N-dealkylation sites (tertiary alicyclic amines) is 1. The zero-order valence-electron chi connectivity index (χ0n) is 10.8. The summed E-state index contributed by atoms with van der Waals surface area (Å²) in [4.78, 5) is 25.4. The van der Waals surface area contributed by atoms with Crippen LogP contribution in [0, 0.1) is 17.8 Å². The highest BCUT2D eigenvalue weighted by Gasteiger charge is 2.53. The van der Waals surface area contributed by atoms with E-state index in [2.05, 4.69) is 6.92 Å². The summed E-state index contributed by atoms with van der Waals surface area (Å²) in [5, 5.41) is 8.94. The Morgan fingerprint density at radius 1 is 1.11 bits per heavy atom. The molecule has 1 saturated heterocycles. The second-order valence-corrected chi connectivity index (χ2v) is 6.23. The molecule has 4 nitrogen and oxygen atoms in total. The number of carboxylic acids is 1. The highest BCUT2D eigenvalue weighted by atomic mass is 16.4. The summed E-state index contributed by atoms with van der Waals surface area (Å²) in [6.07, 6.45) is 6.52. The van der Waals surface area contributed by atoms with E-state index < -0.39 is 11.9 Å². The number of hydrogen-bond donors (Lipinski definition) is 1. The van der Waals surface area contributed by atoms with E-state index in [4.69, 9.17) is 5.11 Å². The van der Waals surface area contributed by atoms with Gasteiger partial charge in [-0.2, -0.15) is 0 Å². The van der Waals surface area contributed by atoms with Crippen molar-refractivity contribution in [2.45, 2.75) is 57.5 Å². The first kappa shape index (κ1) is 12.0. The van der Waals surface area contributed by atoms with Gasteiger partial charge in [0.1, 0.15) is 0 Å². The highest BCUT2D eigenvalue weighted by molar-refractivity contribution is 5.90. The number of carbonyl (C=O) groups excluding carboxylic acids is 1. The molecule has 5 unspecified atom stereocenters. The standard InChI is InChI=1S/C14H21NO3/c1-8-6-9-4-2-3-5-12(9)15(8)13(16)10-7-11(10)14(17)18/h8-12H,2-7H2,1H3,(H,17,18). The van der Waals surface area contributed by atoms with Crippen molar-refractivity contribution >= 4 is 11.9 Å². The maximum atomic E-state index is 12.5. The molecule has 0 bridgehead atoms. The number of hydrogen-bond acceptors (Lipinski definition) is 2. The third-order valence-corrected chi connectivity index (χ3v) is 5.02. The fraction of sp³-hybridized carbons (Fsp3) is 0.857. The summed E-state index contributed by atoms with van der Waals surface area (Å²) in [5.41, 5.74) is 0. The lowest BCUT2D eigenvalue weighted by molar-refractivity contribution is -0.143. The van der Waals surface area contributed by atoms with E-state index in [0.29, 0.717) is 24.4 Å². The van der Waals surface area contributed by atoms with Crippen LogP contribution in [0.25, 0.3) is 0 Å². The number of carboxylic acid groups (broad SMARTS) is 1. The smallest absolute Gasteiger partial charge is 0.307 e. The first-order valence-corrected chi connectivity index (χ1v) is 7.14. The summed E-state index contributed by atoms with van der Waals surface area (Å²) in [7, 11) is 0. The van der Waals surface area contributed by atoms with Crippen molar-refractivity contribution in [1.82, 2.24) is 4.90 Å². The second kappa shape index (κ2) is 4.25. The van der Waals surface area contributed by atoms with Gasteiger partial charge in [-0.3, -0.25) is 9.59 Å². The normalized spacial score (nSPS) is 42.5. The van der Waals surface area contributed by atoms with Crippen molar-refractivity contribution in [3.8, 4) is 0 Å². The zero-order valence-corrected chi connectivity index (χ0v) is 10.8. The first-order valence-electron chi connectivity index (χ1n) is 7.14. The fourth-order valence-electron chi connectivity index (χ4n) is 4.02. The third-order valence-electron chi connectivity index (χ3n) is 5.02. The van der Waals surface area contributed by atoms with Gasteiger partial charge in [0.25, 0.3) is 0 Å². The summed E-state index contributed by atoms with van der Waals surface area (Å²) < 4.78 is 0. The molecule has 100 valence electrons. The average Bonchev–Trinajstić information content (AvgIpc) is 3.05. The van der Waals surface area contributed by atoms with E-state index in [1.165, 1.54) is 19.3 Å². The maximum Gasteiger partial charge on any atom is 0.307 e. The van der Waals surface area contributed by atoms with Crippen LogP contribution in [-0.4, -0.2) is 34.0 Å². The van der Waals surface area contributed by atoms with Crippen LogP contribution in [0.15, 0.2) is 0 Å². The molecule has 1 aliphatic heterocycles. The summed E-state index contributed by atoms with van der Waals surface area (Å²) in [5.74, 6) is -0.664. The molecule has 3 aliphatic rings. The van der Waals surface area contributed by atoms with Gasteiger partial charge < -0.3 is 10.0 Å². The number of fused-ring (bicyclic) bond motifs is 1. The van der Waals surface area contributed by atoms with Gasteiger partial charge in [-0.25, -0.2) is 0 Å². The van der Waals surface area contributed by atoms with Crippen molar-refractivity contribution in [2.75, 3.05) is 0 Å². The predicted octanol–water partition coefficient (Wildman–Crippen LogP) is 1.89. The number of rotatable bonds is 2. The lowest BCUT2D eigenvalue weighted by Gasteiger charge is -2.33. The summed E-state index contributed by atoms with van der Waals surface area (Å²) >= 11 is 0. The minimum atomic E-state index is -0.805. The Morgan fingerprint density at radius 3 is 2.50 bits per heavy atom. The van der Waals surface area contributed by atoms with Gasteiger partial charge >= 0.3 is 5.97 Å². The fourth-order valence-corrected chi connectivity index (χ4v) is 4.02. The molecule has 0 aromatic rings. The second-order valence-electron chi connectivity index (χ2n) is 6.23. The highest BCUT2D eigenvalue weighted by Crippen LogP contribution is 2.45. The van der Waals surface area contributed by atoms with E-state index >= 15 is 0 Å². The van der Waals surface area contributed by atoms with Crippen LogP contribution in [0.4, 0.5) is 0 Å². The van der Waals surface area contributed by atoms with Crippen molar-refractivity contribution in [2.24, 2.45) is 17.8 Å². The minimum absolute atomic E-state index is 0.115. The third kappa shape index (κ3) is 1.82. The Hall–Kier alpha value is -1.06. The first-order chi connectivity index (χ1) is 8.59. The molecule has 3 fully saturated rings. The SMILES string of the molecule is CC1CC2CCCCC2N1C(=O)C1CC1C(=O)O. The van der Waals surface area contributed by atoms with Crippen LogP contribution in [0.2, 0.25) is 0 Å². The van der Waals surface area contributed by atoms with Crippen molar-refractivity contribution in [3.63, 3.8) is 0 Å². The molecule has 5 atom stereocenters. The summed E-state index contributed by atoms with van der Waals surface area (Å²) in [6, 6.07) is 0.705. The molecule has 1 N–H and O–H groups in total. The van der Waals surface area contributed by atoms with Crippen LogP contribution in [-0.2, 0) is 9.59 Å². The van der Waals surface area contributed by atoms with Gasteiger partial charge in [-0.1, -0.05) is 12.8 Å². The van der Waals surface area contributed by atoms with Crippen LogP contribution >= 0.6 is 0 Å². The Labute approximate surface area is 107 Å². The van der Waals surface area contributed by atoms with Gasteiger partial charge in [0.05, 0.1) is 11.8 Å². The van der Waals surface area contributed by atoms with E-state index in [-0.39, 0.29) is 11.8 Å². The number of carbonyl (C=O) groups is 2. The molecular formula is C14H21NO3. The maximum absolute atomic E-state index is 12.5.